The van der Waals surface area contributed by atoms with E-state index in [1.165, 1.54) is 17.1 Å². The average molecular weight is 241 g/mol. The van der Waals surface area contributed by atoms with Crippen molar-refractivity contribution in [3.63, 3.8) is 0 Å². The van der Waals surface area contributed by atoms with Gasteiger partial charge in [-0.3, -0.25) is 0 Å². The molecular formula is C7H2Cl2N6. The van der Waals surface area contributed by atoms with E-state index in [2.05, 4.69) is 20.3 Å². The van der Waals surface area contributed by atoms with Crippen molar-refractivity contribution >= 4 is 23.2 Å². The Morgan fingerprint density at radius 3 is 2.80 bits per heavy atom. The van der Waals surface area contributed by atoms with Crippen LogP contribution in [0.25, 0.3) is 5.69 Å². The minimum Gasteiger partial charge on any atom is -0.216 e. The third-order valence-electron chi connectivity index (χ3n) is 1.54. The van der Waals surface area contributed by atoms with E-state index in [1.54, 1.807) is 6.07 Å². The van der Waals surface area contributed by atoms with Crippen molar-refractivity contribution in [1.29, 1.82) is 5.26 Å². The maximum Gasteiger partial charge on any atom is 0.252 e. The predicted octanol–water partition coefficient (Wildman–Crippen LogP) is 1.24. The van der Waals surface area contributed by atoms with Gasteiger partial charge >= 0.3 is 0 Å². The van der Waals surface area contributed by atoms with Gasteiger partial charge in [-0.25, -0.2) is 9.67 Å². The molecule has 2 aromatic heterocycles. The molecule has 0 aromatic carbocycles. The Bertz CT molecular complexity index is 543. The Morgan fingerprint density at radius 2 is 2.13 bits per heavy atom. The molecule has 0 spiro atoms. The zero-order valence-corrected chi connectivity index (χ0v) is 8.61. The van der Waals surface area contributed by atoms with Crippen molar-refractivity contribution in [2.45, 2.75) is 0 Å². The van der Waals surface area contributed by atoms with E-state index < -0.39 is 0 Å². The molecular weight excluding hydrogens is 239 g/mol. The number of hydrogen-bond donors (Lipinski definition) is 0. The molecule has 0 aliphatic heterocycles. The molecule has 2 aromatic rings. The summed E-state index contributed by atoms with van der Waals surface area (Å²) in [7, 11) is 0. The maximum absolute atomic E-state index is 8.55. The van der Waals surface area contributed by atoms with Crippen molar-refractivity contribution in [1.82, 2.24) is 25.0 Å². The molecule has 0 saturated heterocycles. The van der Waals surface area contributed by atoms with E-state index in [1.807, 2.05) is 0 Å². The summed E-state index contributed by atoms with van der Waals surface area (Å²) in [6.07, 6.45) is 1.35. The van der Waals surface area contributed by atoms with Crippen LogP contribution in [0.15, 0.2) is 12.4 Å². The first-order chi connectivity index (χ1) is 7.20. The van der Waals surface area contributed by atoms with Crippen molar-refractivity contribution in [3.8, 4) is 11.8 Å². The molecule has 8 heteroatoms. The molecule has 0 N–H and O–H groups in total. The highest BCUT2D eigenvalue weighted by molar-refractivity contribution is 6.32. The van der Waals surface area contributed by atoms with Crippen molar-refractivity contribution in [3.05, 3.63) is 28.5 Å². The van der Waals surface area contributed by atoms with Crippen molar-refractivity contribution in [2.75, 3.05) is 0 Å². The maximum atomic E-state index is 8.55. The van der Waals surface area contributed by atoms with Crippen LogP contribution in [0.1, 0.15) is 5.82 Å². The monoisotopic (exact) mass is 240 g/mol. The highest BCUT2D eigenvalue weighted by Gasteiger charge is 2.08. The molecule has 74 valence electrons. The molecule has 0 saturated carbocycles. The highest BCUT2D eigenvalue weighted by atomic mass is 35.5. The van der Waals surface area contributed by atoms with Crippen LogP contribution in [0.2, 0.25) is 10.3 Å². The fraction of sp³-hybridized carbons (Fsp3) is 0. The lowest BCUT2D eigenvalue weighted by molar-refractivity contribution is 0.853. The summed E-state index contributed by atoms with van der Waals surface area (Å²) in [6, 6.07) is 3.27. The number of aromatic nitrogens is 5. The second-order valence-electron chi connectivity index (χ2n) is 2.47. The lowest BCUT2D eigenvalue weighted by Gasteiger charge is -2.00. The minimum absolute atomic E-state index is 0.0407. The summed E-state index contributed by atoms with van der Waals surface area (Å²) in [5.74, 6) is 0.0407. The van der Waals surface area contributed by atoms with E-state index in [-0.39, 0.29) is 16.1 Å². The Morgan fingerprint density at radius 1 is 1.33 bits per heavy atom. The fourth-order valence-electron chi connectivity index (χ4n) is 0.935. The van der Waals surface area contributed by atoms with Gasteiger partial charge in [-0.2, -0.15) is 5.26 Å². The van der Waals surface area contributed by atoms with Gasteiger partial charge in [0.15, 0.2) is 10.3 Å². The van der Waals surface area contributed by atoms with Gasteiger partial charge in [-0.15, -0.1) is 15.3 Å². The third kappa shape index (κ3) is 1.88. The number of halogens is 2. The summed E-state index contributed by atoms with van der Waals surface area (Å²) in [5, 5.41) is 19.8. The Labute approximate surface area is 94.1 Å². The molecule has 0 atom stereocenters. The zero-order chi connectivity index (χ0) is 10.8. The summed E-state index contributed by atoms with van der Waals surface area (Å²) in [4.78, 5) is 3.72. The first-order valence-corrected chi connectivity index (χ1v) is 4.47. The van der Waals surface area contributed by atoms with Gasteiger partial charge in [0.25, 0.3) is 5.82 Å². The number of nitriles is 1. The number of hydrogen-bond acceptors (Lipinski definition) is 5. The first kappa shape index (κ1) is 9.83. The van der Waals surface area contributed by atoms with Crippen LogP contribution in [-0.2, 0) is 0 Å². The van der Waals surface area contributed by atoms with Crippen LogP contribution in [0.4, 0.5) is 0 Å². The average Bonchev–Trinajstić information content (AvgIpc) is 2.70. The summed E-state index contributed by atoms with van der Waals surface area (Å²) in [5.41, 5.74) is 0.422. The zero-order valence-electron chi connectivity index (χ0n) is 7.09. The topological polar surface area (TPSA) is 80.3 Å². The predicted molar refractivity (Wildman–Crippen MR) is 51.7 cm³/mol. The fourth-order valence-corrected chi connectivity index (χ4v) is 1.26. The quantitative estimate of drug-likeness (QED) is 0.750. The van der Waals surface area contributed by atoms with Gasteiger partial charge < -0.3 is 0 Å². The largest absolute Gasteiger partial charge is 0.252 e. The summed E-state index contributed by atoms with van der Waals surface area (Å²) in [6.45, 7) is 0. The molecule has 2 rings (SSSR count). The van der Waals surface area contributed by atoms with E-state index in [9.17, 15) is 0 Å². The molecule has 0 fully saturated rings. The smallest absolute Gasteiger partial charge is 0.216 e. The third-order valence-corrected chi connectivity index (χ3v) is 1.99. The number of nitrogens with zero attached hydrogens (tertiary/aromatic N) is 6. The Balaban J connectivity index is 2.54. The van der Waals surface area contributed by atoms with Crippen molar-refractivity contribution in [2.24, 2.45) is 0 Å². The van der Waals surface area contributed by atoms with Crippen LogP contribution in [-0.4, -0.2) is 25.0 Å². The minimum atomic E-state index is 0.0407. The summed E-state index contributed by atoms with van der Waals surface area (Å²) >= 11 is 11.4. The Kier molecular flexibility index (Phi) is 2.49. The van der Waals surface area contributed by atoms with Gasteiger partial charge in [0, 0.05) is 6.07 Å². The molecule has 0 aliphatic rings. The van der Waals surface area contributed by atoms with E-state index in [0.717, 1.165) is 0 Å². The molecule has 0 radical (unpaired) electrons. The van der Waals surface area contributed by atoms with Crippen LogP contribution in [0.5, 0.6) is 0 Å². The molecule has 2 heterocycles. The molecule has 0 amide bonds. The second-order valence-corrected chi connectivity index (χ2v) is 3.21. The molecule has 0 unspecified atom stereocenters. The van der Waals surface area contributed by atoms with Crippen LogP contribution >= 0.6 is 23.2 Å². The lowest BCUT2D eigenvalue weighted by Crippen LogP contribution is -1.99. The van der Waals surface area contributed by atoms with E-state index >= 15 is 0 Å². The molecule has 6 nitrogen and oxygen atoms in total. The normalized spacial score (nSPS) is 9.93. The van der Waals surface area contributed by atoms with Gasteiger partial charge in [0.1, 0.15) is 18.1 Å². The van der Waals surface area contributed by atoms with Crippen LogP contribution < -0.4 is 0 Å². The summed E-state index contributed by atoms with van der Waals surface area (Å²) < 4.78 is 1.31. The first-order valence-electron chi connectivity index (χ1n) is 3.71. The van der Waals surface area contributed by atoms with Gasteiger partial charge in [0.2, 0.25) is 0 Å². The molecule has 15 heavy (non-hydrogen) atoms. The Hall–Kier alpha value is -1.71. The molecule has 0 aliphatic carbocycles. The van der Waals surface area contributed by atoms with Crippen molar-refractivity contribution < 1.29 is 0 Å². The van der Waals surface area contributed by atoms with E-state index in [4.69, 9.17) is 28.5 Å². The second kappa shape index (κ2) is 3.81. The standard InChI is InChI=1S/C7H2Cl2N6/c8-5-1-4(7(9)13-12-5)15-3-11-6(2-10)14-15/h1,3H. The van der Waals surface area contributed by atoms with Crippen LogP contribution in [0.3, 0.4) is 0 Å². The number of rotatable bonds is 1. The van der Waals surface area contributed by atoms with E-state index in [0.29, 0.717) is 5.69 Å². The molecule has 0 bridgehead atoms. The van der Waals surface area contributed by atoms with Gasteiger partial charge in [-0.05, 0) is 0 Å². The SMILES string of the molecule is N#Cc1ncn(-c2cc(Cl)nnc2Cl)n1. The van der Waals surface area contributed by atoms with Crippen LogP contribution in [0, 0.1) is 11.3 Å². The lowest BCUT2D eigenvalue weighted by atomic mass is 10.5. The highest BCUT2D eigenvalue weighted by Crippen LogP contribution is 2.18. The van der Waals surface area contributed by atoms with Gasteiger partial charge in [-0.1, -0.05) is 23.2 Å². The van der Waals surface area contributed by atoms with Gasteiger partial charge in [0.05, 0.1) is 0 Å².